The van der Waals surface area contributed by atoms with Crippen LogP contribution in [-0.2, 0) is 6.54 Å². The van der Waals surface area contributed by atoms with Gasteiger partial charge in [-0.3, -0.25) is 4.99 Å². The topological polar surface area (TPSA) is 105 Å². The quantitative estimate of drug-likeness (QED) is 0.446. The highest BCUT2D eigenvalue weighted by molar-refractivity contribution is 14.0. The zero-order chi connectivity index (χ0) is 12.7. The third-order valence-electron chi connectivity index (χ3n) is 1.91. The first-order valence-corrected chi connectivity index (χ1v) is 5.45. The van der Waals surface area contributed by atoms with E-state index in [2.05, 4.69) is 34.2 Å². The van der Waals surface area contributed by atoms with Crippen LogP contribution in [0.25, 0.3) is 0 Å². The molecule has 0 saturated heterocycles. The molecule has 0 unspecified atom stereocenters. The first-order chi connectivity index (χ1) is 8.11. The third-order valence-corrected chi connectivity index (χ3v) is 1.91. The molecule has 3 N–H and O–H groups in total. The van der Waals surface area contributed by atoms with Crippen molar-refractivity contribution in [3.8, 4) is 6.07 Å². The highest BCUT2D eigenvalue weighted by atomic mass is 127. The van der Waals surface area contributed by atoms with E-state index < -0.39 is 0 Å². The van der Waals surface area contributed by atoms with Gasteiger partial charge in [0, 0.05) is 13.1 Å². The van der Waals surface area contributed by atoms with Crippen LogP contribution >= 0.6 is 24.0 Å². The predicted octanol–water partition coefficient (Wildman–Crippen LogP) is 0.328. The number of guanidine groups is 1. The summed E-state index contributed by atoms with van der Waals surface area (Å²) in [5.41, 5.74) is 5.66. The Morgan fingerprint density at radius 2 is 2.39 bits per heavy atom. The Balaban J connectivity index is 0.00000289. The number of hydrogen-bond donors (Lipinski definition) is 2. The molecule has 0 amide bonds. The standard InChI is InChI=1S/C10H17N7.HI/c1-8(2)6-14-10(12)13-3-4-17-7-15-9(5-11)16-17;/h7-8H,3-4,6H2,1-2H3,(H3,12,13,14);1H. The van der Waals surface area contributed by atoms with Gasteiger partial charge in [-0.05, 0) is 5.92 Å². The maximum Gasteiger partial charge on any atom is 0.252 e. The first-order valence-electron chi connectivity index (χ1n) is 5.45. The van der Waals surface area contributed by atoms with E-state index in [4.69, 9.17) is 11.0 Å². The van der Waals surface area contributed by atoms with Crippen molar-refractivity contribution >= 4 is 29.9 Å². The van der Waals surface area contributed by atoms with Crippen LogP contribution in [0.4, 0.5) is 0 Å². The van der Waals surface area contributed by atoms with Crippen molar-refractivity contribution in [3.63, 3.8) is 0 Å². The Labute approximate surface area is 123 Å². The Bertz CT molecular complexity index is 418. The second-order valence-electron chi connectivity index (χ2n) is 3.99. The number of hydrogen-bond acceptors (Lipinski definition) is 4. The van der Waals surface area contributed by atoms with Gasteiger partial charge in [0.25, 0.3) is 5.82 Å². The van der Waals surface area contributed by atoms with Crippen LogP contribution in [0.15, 0.2) is 11.3 Å². The Kier molecular flexibility index (Phi) is 8.02. The molecular formula is C10H18IN7. The summed E-state index contributed by atoms with van der Waals surface area (Å²) in [7, 11) is 0. The molecule has 0 saturated carbocycles. The molecule has 0 spiro atoms. The molecule has 8 heteroatoms. The number of rotatable bonds is 5. The van der Waals surface area contributed by atoms with Gasteiger partial charge in [-0.1, -0.05) is 13.8 Å². The van der Waals surface area contributed by atoms with Gasteiger partial charge < -0.3 is 11.1 Å². The van der Waals surface area contributed by atoms with Crippen molar-refractivity contribution in [1.29, 1.82) is 5.26 Å². The molecule has 1 rings (SSSR count). The van der Waals surface area contributed by atoms with Gasteiger partial charge in [0.2, 0.25) is 0 Å². The van der Waals surface area contributed by atoms with Crippen molar-refractivity contribution in [2.75, 3.05) is 13.1 Å². The Hall–Kier alpha value is -1.37. The van der Waals surface area contributed by atoms with Gasteiger partial charge in [0.1, 0.15) is 12.4 Å². The minimum Gasteiger partial charge on any atom is -0.370 e. The fourth-order valence-corrected chi connectivity index (χ4v) is 1.09. The van der Waals surface area contributed by atoms with Crippen molar-refractivity contribution in [2.45, 2.75) is 20.4 Å². The lowest BCUT2D eigenvalue weighted by atomic mass is 10.2. The molecule has 0 aliphatic carbocycles. The minimum absolute atomic E-state index is 0. The molecule has 0 radical (unpaired) electrons. The average molecular weight is 363 g/mol. The maximum absolute atomic E-state index is 8.54. The molecular weight excluding hydrogens is 345 g/mol. The average Bonchev–Trinajstić information content (AvgIpc) is 2.74. The molecule has 0 aliphatic rings. The molecule has 0 aliphatic heterocycles. The monoisotopic (exact) mass is 363 g/mol. The maximum atomic E-state index is 8.54. The molecule has 7 nitrogen and oxygen atoms in total. The zero-order valence-corrected chi connectivity index (χ0v) is 12.8. The molecule has 18 heavy (non-hydrogen) atoms. The van der Waals surface area contributed by atoms with E-state index in [-0.39, 0.29) is 29.8 Å². The summed E-state index contributed by atoms with van der Waals surface area (Å²) in [5, 5.41) is 15.4. The van der Waals surface area contributed by atoms with Gasteiger partial charge in [-0.25, -0.2) is 9.67 Å². The number of nitrogens with one attached hydrogen (secondary N) is 1. The Morgan fingerprint density at radius 1 is 1.67 bits per heavy atom. The second-order valence-corrected chi connectivity index (χ2v) is 3.99. The molecule has 1 heterocycles. The molecule has 100 valence electrons. The SMILES string of the molecule is CC(C)CN=C(N)NCCn1cnc(C#N)n1.I. The predicted molar refractivity (Wildman–Crippen MR) is 79.5 cm³/mol. The molecule has 0 fully saturated rings. The van der Waals surface area contributed by atoms with E-state index in [1.807, 2.05) is 6.07 Å². The van der Waals surface area contributed by atoms with E-state index in [1.165, 1.54) is 6.33 Å². The van der Waals surface area contributed by atoms with Crippen molar-refractivity contribution in [1.82, 2.24) is 20.1 Å². The summed E-state index contributed by atoms with van der Waals surface area (Å²) in [6, 6.07) is 1.87. The van der Waals surface area contributed by atoms with Crippen LogP contribution < -0.4 is 11.1 Å². The van der Waals surface area contributed by atoms with Crippen molar-refractivity contribution in [3.05, 3.63) is 12.2 Å². The van der Waals surface area contributed by atoms with E-state index in [0.717, 1.165) is 0 Å². The van der Waals surface area contributed by atoms with Crippen LogP contribution in [0, 0.1) is 17.2 Å². The van der Waals surface area contributed by atoms with Gasteiger partial charge >= 0.3 is 0 Å². The van der Waals surface area contributed by atoms with E-state index in [1.54, 1.807) is 4.68 Å². The fraction of sp³-hybridized carbons (Fsp3) is 0.600. The van der Waals surface area contributed by atoms with Crippen LogP contribution in [0.3, 0.4) is 0 Å². The summed E-state index contributed by atoms with van der Waals surface area (Å²) in [6.07, 6.45) is 1.52. The molecule has 0 aromatic carbocycles. The minimum atomic E-state index is 0. The van der Waals surface area contributed by atoms with E-state index in [0.29, 0.717) is 31.5 Å². The fourth-order valence-electron chi connectivity index (χ4n) is 1.09. The lowest BCUT2D eigenvalue weighted by Gasteiger charge is -2.06. The van der Waals surface area contributed by atoms with Crippen LogP contribution in [0.1, 0.15) is 19.7 Å². The Morgan fingerprint density at radius 3 is 2.94 bits per heavy atom. The van der Waals surface area contributed by atoms with E-state index in [9.17, 15) is 0 Å². The lowest BCUT2D eigenvalue weighted by molar-refractivity contribution is 0.596. The summed E-state index contributed by atoms with van der Waals surface area (Å²) >= 11 is 0. The van der Waals surface area contributed by atoms with Crippen molar-refractivity contribution < 1.29 is 0 Å². The highest BCUT2D eigenvalue weighted by Gasteiger charge is 1.98. The summed E-state index contributed by atoms with van der Waals surface area (Å²) in [4.78, 5) is 7.96. The third kappa shape index (κ3) is 6.39. The number of aliphatic imine (C=N–C) groups is 1. The number of nitriles is 1. The summed E-state index contributed by atoms with van der Waals surface area (Å²) in [5.74, 6) is 1.09. The van der Waals surface area contributed by atoms with E-state index >= 15 is 0 Å². The highest BCUT2D eigenvalue weighted by Crippen LogP contribution is 1.90. The van der Waals surface area contributed by atoms with Crippen molar-refractivity contribution in [2.24, 2.45) is 16.6 Å². The smallest absolute Gasteiger partial charge is 0.252 e. The molecule has 1 aromatic rings. The molecule has 0 bridgehead atoms. The first kappa shape index (κ1) is 16.6. The van der Waals surface area contributed by atoms with Gasteiger partial charge in [0.15, 0.2) is 5.96 Å². The normalized spacial score (nSPS) is 10.9. The van der Waals surface area contributed by atoms with Gasteiger partial charge in [0.05, 0.1) is 6.54 Å². The summed E-state index contributed by atoms with van der Waals surface area (Å²) < 4.78 is 1.58. The zero-order valence-electron chi connectivity index (χ0n) is 10.5. The number of aromatic nitrogens is 3. The number of nitrogens with zero attached hydrogens (tertiary/aromatic N) is 5. The lowest BCUT2D eigenvalue weighted by Crippen LogP contribution is -2.34. The largest absolute Gasteiger partial charge is 0.370 e. The van der Waals surface area contributed by atoms with Crippen LogP contribution in [-0.4, -0.2) is 33.8 Å². The number of halogens is 1. The number of nitrogens with two attached hydrogens (primary N) is 1. The summed E-state index contributed by atoms with van der Waals surface area (Å²) in [6.45, 7) is 6.06. The molecule has 0 atom stereocenters. The molecule has 1 aromatic heterocycles. The van der Waals surface area contributed by atoms with Gasteiger partial charge in [-0.15, -0.1) is 29.1 Å². The van der Waals surface area contributed by atoms with Gasteiger partial charge in [-0.2, -0.15) is 5.26 Å². The second kappa shape index (κ2) is 8.68. The van der Waals surface area contributed by atoms with Crippen LogP contribution in [0.2, 0.25) is 0 Å². The van der Waals surface area contributed by atoms with Crippen LogP contribution in [0.5, 0.6) is 0 Å².